The number of amides is 2. The van der Waals surface area contributed by atoms with Crippen molar-refractivity contribution in [3.63, 3.8) is 0 Å². The molecule has 2 rings (SSSR count). The van der Waals surface area contributed by atoms with Gasteiger partial charge < -0.3 is 10.2 Å². The Hall–Kier alpha value is -2.91. The first-order valence-electron chi connectivity index (χ1n) is 11.8. The van der Waals surface area contributed by atoms with E-state index in [0.717, 1.165) is 30.9 Å². The van der Waals surface area contributed by atoms with E-state index in [-0.39, 0.29) is 12.5 Å². The van der Waals surface area contributed by atoms with Gasteiger partial charge in [-0.2, -0.15) is 12.7 Å². The quantitative estimate of drug-likeness (QED) is 0.511. The highest BCUT2D eigenvalue weighted by Crippen LogP contribution is 2.26. The highest BCUT2D eigenvalue weighted by Gasteiger charge is 2.34. The maximum absolute atomic E-state index is 13.8. The molecule has 0 spiro atoms. The summed E-state index contributed by atoms with van der Waals surface area (Å²) < 4.78 is 28.9. The minimum Gasteiger partial charge on any atom is -0.355 e. The molecule has 192 valence electrons. The summed E-state index contributed by atoms with van der Waals surface area (Å²) >= 11 is 0. The fraction of sp³-hybridized carbons (Fsp3) is 0.462. The number of carbonyl (C=O) groups is 2. The van der Waals surface area contributed by atoms with E-state index < -0.39 is 28.7 Å². The normalized spacial score (nSPS) is 12.3. The SMILES string of the molecule is CCNC(=O)[C@@H](CC)N(Cc1ccc(C)cc1)C(=O)CN(c1cc(C)ccc1C)S(=O)(=O)N(C)C. The summed E-state index contributed by atoms with van der Waals surface area (Å²) in [4.78, 5) is 28.2. The molecule has 0 aromatic heterocycles. The average molecular weight is 503 g/mol. The van der Waals surface area contributed by atoms with Gasteiger partial charge in [-0.05, 0) is 56.9 Å². The summed E-state index contributed by atoms with van der Waals surface area (Å²) in [5.74, 6) is -0.709. The molecule has 0 aliphatic carbocycles. The minimum atomic E-state index is -3.98. The third kappa shape index (κ3) is 7.05. The molecule has 9 heteroatoms. The maximum Gasteiger partial charge on any atom is 0.304 e. The Morgan fingerprint density at radius 3 is 2.09 bits per heavy atom. The molecule has 2 aromatic rings. The molecule has 1 atom stereocenters. The zero-order valence-electron chi connectivity index (χ0n) is 21.8. The van der Waals surface area contributed by atoms with Crippen molar-refractivity contribution in [2.75, 3.05) is 31.5 Å². The fourth-order valence-corrected chi connectivity index (χ4v) is 4.90. The van der Waals surface area contributed by atoms with E-state index in [0.29, 0.717) is 18.7 Å². The Labute approximate surface area is 210 Å². The van der Waals surface area contributed by atoms with Crippen molar-refractivity contribution in [2.24, 2.45) is 0 Å². The molecule has 0 aliphatic heterocycles. The lowest BCUT2D eigenvalue weighted by Crippen LogP contribution is -2.53. The Kier molecular flexibility index (Phi) is 9.85. The number of nitrogens with zero attached hydrogens (tertiary/aromatic N) is 3. The van der Waals surface area contributed by atoms with E-state index in [9.17, 15) is 18.0 Å². The van der Waals surface area contributed by atoms with Gasteiger partial charge in [0.25, 0.3) is 0 Å². The fourth-order valence-electron chi connectivity index (χ4n) is 3.79. The number of anilines is 1. The molecular formula is C26H38N4O4S. The maximum atomic E-state index is 13.8. The molecule has 0 aliphatic rings. The van der Waals surface area contributed by atoms with Gasteiger partial charge in [-0.15, -0.1) is 0 Å². The lowest BCUT2D eigenvalue weighted by atomic mass is 10.1. The smallest absolute Gasteiger partial charge is 0.304 e. The van der Waals surface area contributed by atoms with Crippen LogP contribution in [0.4, 0.5) is 5.69 Å². The second-order valence-corrected chi connectivity index (χ2v) is 11.0. The molecule has 8 nitrogen and oxygen atoms in total. The summed E-state index contributed by atoms with van der Waals surface area (Å²) in [6, 6.07) is 12.5. The number of benzene rings is 2. The Morgan fingerprint density at radius 2 is 1.54 bits per heavy atom. The highest BCUT2D eigenvalue weighted by molar-refractivity contribution is 7.90. The monoisotopic (exact) mass is 502 g/mol. The van der Waals surface area contributed by atoms with Crippen LogP contribution in [-0.2, 0) is 26.3 Å². The third-order valence-corrected chi connectivity index (χ3v) is 7.67. The molecular weight excluding hydrogens is 464 g/mol. The molecule has 0 bridgehead atoms. The van der Waals surface area contributed by atoms with Crippen LogP contribution in [0.1, 0.15) is 42.5 Å². The van der Waals surface area contributed by atoms with Crippen LogP contribution in [0.25, 0.3) is 0 Å². The second-order valence-electron chi connectivity index (χ2n) is 8.91. The van der Waals surface area contributed by atoms with Crippen molar-refractivity contribution < 1.29 is 18.0 Å². The number of likely N-dealkylation sites (N-methyl/N-ethyl adjacent to an activating group) is 1. The molecule has 0 heterocycles. The van der Waals surface area contributed by atoms with Crippen LogP contribution in [-0.4, -0.2) is 62.7 Å². The van der Waals surface area contributed by atoms with Crippen LogP contribution in [0.5, 0.6) is 0 Å². The first-order valence-corrected chi connectivity index (χ1v) is 13.2. The zero-order valence-corrected chi connectivity index (χ0v) is 22.6. The standard InChI is InChI=1S/C26H38N4O4S/c1-8-23(26(32)27-9-2)29(17-22-14-11-19(3)12-15-22)25(31)18-30(35(33,34)28(6)7)24-16-20(4)10-13-21(24)5/h10-16,23H,8-9,17-18H2,1-7H3,(H,27,32)/t23-/m1/s1. The molecule has 35 heavy (non-hydrogen) atoms. The first-order chi connectivity index (χ1) is 16.4. The molecule has 0 unspecified atom stereocenters. The Morgan fingerprint density at radius 1 is 0.943 bits per heavy atom. The topological polar surface area (TPSA) is 90.0 Å². The van der Waals surface area contributed by atoms with Crippen LogP contribution in [0, 0.1) is 20.8 Å². The zero-order chi connectivity index (χ0) is 26.3. The van der Waals surface area contributed by atoms with Gasteiger partial charge >= 0.3 is 10.2 Å². The van der Waals surface area contributed by atoms with E-state index in [1.54, 1.807) is 6.07 Å². The molecule has 2 aromatic carbocycles. The number of hydrogen-bond acceptors (Lipinski definition) is 4. The van der Waals surface area contributed by atoms with Gasteiger partial charge in [-0.25, -0.2) is 4.31 Å². The van der Waals surface area contributed by atoms with Crippen LogP contribution < -0.4 is 9.62 Å². The largest absolute Gasteiger partial charge is 0.355 e. The minimum absolute atomic E-state index is 0.192. The molecule has 0 saturated heterocycles. The number of nitrogens with one attached hydrogen (secondary N) is 1. The van der Waals surface area contributed by atoms with Crippen molar-refractivity contribution in [2.45, 2.75) is 53.6 Å². The predicted octanol–water partition coefficient (Wildman–Crippen LogP) is 3.17. The number of hydrogen-bond donors (Lipinski definition) is 1. The summed E-state index contributed by atoms with van der Waals surface area (Å²) in [5.41, 5.74) is 3.99. The molecule has 2 amide bonds. The summed E-state index contributed by atoms with van der Waals surface area (Å²) in [7, 11) is -1.11. The van der Waals surface area contributed by atoms with Crippen molar-refractivity contribution in [3.05, 3.63) is 64.7 Å². The summed E-state index contributed by atoms with van der Waals surface area (Å²) in [5, 5.41) is 2.80. The molecule has 0 fully saturated rings. The van der Waals surface area contributed by atoms with Gasteiger partial charge in [-0.3, -0.25) is 9.59 Å². The van der Waals surface area contributed by atoms with Crippen LogP contribution in [0.2, 0.25) is 0 Å². The van der Waals surface area contributed by atoms with Crippen LogP contribution in [0.15, 0.2) is 42.5 Å². The number of aryl methyl sites for hydroxylation is 3. The van der Waals surface area contributed by atoms with Gasteiger partial charge in [0.05, 0.1) is 5.69 Å². The number of rotatable bonds is 11. The van der Waals surface area contributed by atoms with Gasteiger partial charge in [0.2, 0.25) is 11.8 Å². The third-order valence-electron chi connectivity index (χ3n) is 5.86. The van der Waals surface area contributed by atoms with E-state index in [1.807, 2.05) is 71.0 Å². The molecule has 1 N–H and O–H groups in total. The molecule has 0 saturated carbocycles. The Bertz CT molecular complexity index is 1130. The van der Waals surface area contributed by atoms with Crippen LogP contribution >= 0.6 is 0 Å². The van der Waals surface area contributed by atoms with Crippen molar-refractivity contribution in [1.82, 2.24) is 14.5 Å². The van der Waals surface area contributed by atoms with Gasteiger partial charge in [0.1, 0.15) is 12.6 Å². The van der Waals surface area contributed by atoms with E-state index in [2.05, 4.69) is 5.32 Å². The molecule has 0 radical (unpaired) electrons. The van der Waals surface area contributed by atoms with Crippen molar-refractivity contribution >= 4 is 27.7 Å². The average Bonchev–Trinajstić information content (AvgIpc) is 2.80. The summed E-state index contributed by atoms with van der Waals surface area (Å²) in [6.45, 7) is 9.53. The number of carbonyl (C=O) groups excluding carboxylic acids is 2. The summed E-state index contributed by atoms with van der Waals surface area (Å²) in [6.07, 6.45) is 0.396. The van der Waals surface area contributed by atoms with Crippen molar-refractivity contribution in [3.8, 4) is 0 Å². The highest BCUT2D eigenvalue weighted by atomic mass is 32.2. The van der Waals surface area contributed by atoms with E-state index in [1.165, 1.54) is 19.0 Å². The van der Waals surface area contributed by atoms with E-state index in [4.69, 9.17) is 0 Å². The lowest BCUT2D eigenvalue weighted by molar-refractivity contribution is -0.140. The van der Waals surface area contributed by atoms with Gasteiger partial charge in [0, 0.05) is 27.2 Å². The second kappa shape index (κ2) is 12.2. The van der Waals surface area contributed by atoms with Crippen LogP contribution in [0.3, 0.4) is 0 Å². The van der Waals surface area contributed by atoms with Gasteiger partial charge in [-0.1, -0.05) is 48.9 Å². The first kappa shape index (κ1) is 28.3. The van der Waals surface area contributed by atoms with E-state index >= 15 is 0 Å². The van der Waals surface area contributed by atoms with Crippen molar-refractivity contribution in [1.29, 1.82) is 0 Å². The van der Waals surface area contributed by atoms with Gasteiger partial charge in [0.15, 0.2) is 0 Å². The Balaban J connectivity index is 2.54. The predicted molar refractivity (Wildman–Crippen MR) is 140 cm³/mol. The lowest BCUT2D eigenvalue weighted by Gasteiger charge is -2.34.